The molecule has 238 valence electrons. The van der Waals surface area contributed by atoms with Crippen molar-refractivity contribution in [3.8, 4) is 16.9 Å². The molecule has 1 fully saturated rings. The summed E-state index contributed by atoms with van der Waals surface area (Å²) in [6, 6.07) is 7.30. The average Bonchev–Trinajstić information content (AvgIpc) is 2.93. The highest BCUT2D eigenvalue weighted by Crippen LogP contribution is 2.36. The summed E-state index contributed by atoms with van der Waals surface area (Å²) in [6.45, 7) is 15.6. The molecule has 0 unspecified atom stereocenters. The molecule has 4 aromatic rings. The third-order valence-corrected chi connectivity index (χ3v) is 8.10. The Labute approximate surface area is 271 Å². The summed E-state index contributed by atoms with van der Waals surface area (Å²) in [6.07, 6.45) is -0.409. The highest BCUT2D eigenvalue weighted by atomic mass is 35.5. The number of carbonyl (C=O) groups is 1. The maximum absolute atomic E-state index is 15.0. The Balaban J connectivity index is 1.76. The van der Waals surface area contributed by atoms with Crippen LogP contribution in [0.2, 0.25) is 10.3 Å². The van der Waals surface area contributed by atoms with Crippen molar-refractivity contribution in [1.82, 2.24) is 29.4 Å². The first kappa shape index (κ1) is 32.6. The number of pyridine rings is 1. The number of aryl methyl sites for hydroxylation is 1. The first-order valence-electron chi connectivity index (χ1n) is 14.8. The zero-order valence-electron chi connectivity index (χ0n) is 26.5. The van der Waals surface area contributed by atoms with E-state index in [1.54, 1.807) is 36.1 Å². The molecule has 3 aromatic heterocycles. The fourth-order valence-corrected chi connectivity index (χ4v) is 6.07. The van der Waals surface area contributed by atoms with E-state index >= 15 is 4.39 Å². The summed E-state index contributed by atoms with van der Waals surface area (Å²) < 4.78 is 22.0. The smallest absolute Gasteiger partial charge is 0.410 e. The third-order valence-electron chi connectivity index (χ3n) is 7.64. The predicted molar refractivity (Wildman–Crippen MR) is 174 cm³/mol. The SMILES string of the molecule is Cc1nc(Cl)nc(C(C)C)c1-n1c(=O)nc(N2C[C@@H](C)N(C(=O)OC(C)(C)C)C[C@@H]2C)c2cc(Cl)c(-c3ccccc3F)nc21. The molecule has 1 aliphatic rings. The molecule has 1 saturated heterocycles. The maximum atomic E-state index is 15.0. The van der Waals surface area contributed by atoms with Gasteiger partial charge in [0.2, 0.25) is 5.28 Å². The molecule has 13 heteroatoms. The number of hydrogen-bond donors (Lipinski definition) is 0. The van der Waals surface area contributed by atoms with Gasteiger partial charge in [-0.2, -0.15) is 4.98 Å². The van der Waals surface area contributed by atoms with Gasteiger partial charge in [0.05, 0.1) is 33.2 Å². The van der Waals surface area contributed by atoms with Gasteiger partial charge in [0.25, 0.3) is 0 Å². The molecule has 10 nitrogen and oxygen atoms in total. The number of ether oxygens (including phenoxy) is 1. The molecule has 0 saturated carbocycles. The van der Waals surface area contributed by atoms with Crippen LogP contribution in [0, 0.1) is 12.7 Å². The summed E-state index contributed by atoms with van der Waals surface area (Å²) in [4.78, 5) is 49.0. The van der Waals surface area contributed by atoms with E-state index in [4.69, 9.17) is 32.9 Å². The van der Waals surface area contributed by atoms with E-state index in [0.717, 1.165) is 0 Å². The van der Waals surface area contributed by atoms with Crippen molar-refractivity contribution in [2.45, 2.75) is 79.0 Å². The minimum atomic E-state index is -0.643. The zero-order valence-corrected chi connectivity index (χ0v) is 28.0. The Morgan fingerprint density at radius 2 is 1.73 bits per heavy atom. The number of piperazine rings is 1. The van der Waals surface area contributed by atoms with Crippen LogP contribution in [-0.2, 0) is 4.74 Å². The zero-order chi connectivity index (χ0) is 33.0. The lowest BCUT2D eigenvalue weighted by Gasteiger charge is -2.44. The molecule has 1 amide bonds. The topological polar surface area (TPSA) is 106 Å². The van der Waals surface area contributed by atoms with Gasteiger partial charge in [-0.3, -0.25) is 0 Å². The largest absolute Gasteiger partial charge is 0.444 e. The number of benzene rings is 1. The minimum Gasteiger partial charge on any atom is -0.444 e. The first-order valence-corrected chi connectivity index (χ1v) is 15.5. The van der Waals surface area contributed by atoms with Gasteiger partial charge in [-0.25, -0.2) is 33.5 Å². The normalized spacial score (nSPS) is 17.3. The van der Waals surface area contributed by atoms with Crippen molar-refractivity contribution < 1.29 is 13.9 Å². The molecule has 45 heavy (non-hydrogen) atoms. The second-order valence-corrected chi connectivity index (χ2v) is 13.4. The molecule has 1 aliphatic heterocycles. The highest BCUT2D eigenvalue weighted by molar-refractivity contribution is 6.34. The fourth-order valence-electron chi connectivity index (χ4n) is 5.60. The van der Waals surface area contributed by atoms with Crippen LogP contribution in [0.15, 0.2) is 35.1 Å². The third kappa shape index (κ3) is 6.33. The molecule has 0 aliphatic carbocycles. The van der Waals surface area contributed by atoms with Crippen LogP contribution in [0.5, 0.6) is 0 Å². The van der Waals surface area contributed by atoms with Crippen molar-refractivity contribution in [3.63, 3.8) is 0 Å². The standard InChI is InChI=1S/C32H36Cl2FN7O3/c1-16(2)24-26(19(5)36-29(34)38-24)42-28-21(13-22(33)25(37-28)20-11-9-10-12-23(20)35)27(39-30(42)43)40-14-18(4)41(15-17(40)3)31(44)45-32(6,7)8/h9-13,16-18H,14-15H2,1-8H3/t17-,18+/m0/s1. The number of nitrogens with zero attached hydrogens (tertiary/aromatic N) is 7. The van der Waals surface area contributed by atoms with E-state index < -0.39 is 23.2 Å². The number of rotatable bonds is 4. The van der Waals surface area contributed by atoms with Gasteiger partial charge < -0.3 is 14.5 Å². The fraction of sp³-hybridized carbons (Fsp3) is 0.438. The molecule has 0 spiro atoms. The second kappa shape index (κ2) is 12.2. The van der Waals surface area contributed by atoms with Crippen LogP contribution in [-0.4, -0.2) is 66.3 Å². The lowest BCUT2D eigenvalue weighted by molar-refractivity contribution is 0.0130. The number of fused-ring (bicyclic) bond motifs is 1. The van der Waals surface area contributed by atoms with Crippen LogP contribution < -0.4 is 10.6 Å². The maximum Gasteiger partial charge on any atom is 0.410 e. The van der Waals surface area contributed by atoms with E-state index in [1.807, 2.05) is 53.4 Å². The summed E-state index contributed by atoms with van der Waals surface area (Å²) in [5, 5.41) is 0.700. The molecule has 4 heterocycles. The Hall–Kier alpha value is -3.83. The Morgan fingerprint density at radius 1 is 1.04 bits per heavy atom. The summed E-state index contributed by atoms with van der Waals surface area (Å²) in [7, 11) is 0. The highest BCUT2D eigenvalue weighted by Gasteiger charge is 2.36. The van der Waals surface area contributed by atoms with Gasteiger partial charge in [0.15, 0.2) is 5.65 Å². The number of halogens is 3. The van der Waals surface area contributed by atoms with Crippen molar-refractivity contribution in [3.05, 3.63) is 68.3 Å². The van der Waals surface area contributed by atoms with E-state index in [2.05, 4.69) is 15.0 Å². The molecular formula is C32H36Cl2FN7O3. The van der Waals surface area contributed by atoms with Gasteiger partial charge in [-0.1, -0.05) is 37.6 Å². The Kier molecular flexibility index (Phi) is 8.80. The minimum absolute atomic E-state index is 0.0515. The lowest BCUT2D eigenvalue weighted by Crippen LogP contribution is -2.59. The van der Waals surface area contributed by atoms with Crippen molar-refractivity contribution in [2.75, 3.05) is 18.0 Å². The Morgan fingerprint density at radius 3 is 2.38 bits per heavy atom. The van der Waals surface area contributed by atoms with Crippen LogP contribution in [0.3, 0.4) is 0 Å². The number of carbonyl (C=O) groups excluding carboxylic acids is 1. The van der Waals surface area contributed by atoms with Gasteiger partial charge in [-0.05, 0) is 77.3 Å². The molecule has 0 N–H and O–H groups in total. The van der Waals surface area contributed by atoms with E-state index in [9.17, 15) is 9.59 Å². The number of aromatic nitrogens is 5. The van der Waals surface area contributed by atoms with E-state index in [-0.39, 0.29) is 45.2 Å². The first-order chi connectivity index (χ1) is 21.1. The van der Waals surface area contributed by atoms with E-state index in [0.29, 0.717) is 41.4 Å². The molecule has 2 atom stereocenters. The van der Waals surface area contributed by atoms with Gasteiger partial charge in [0, 0.05) is 30.7 Å². The van der Waals surface area contributed by atoms with Crippen molar-refractivity contribution >= 4 is 46.1 Å². The van der Waals surface area contributed by atoms with Crippen LogP contribution >= 0.6 is 23.2 Å². The van der Waals surface area contributed by atoms with Gasteiger partial charge >= 0.3 is 11.8 Å². The predicted octanol–water partition coefficient (Wildman–Crippen LogP) is 6.95. The van der Waals surface area contributed by atoms with E-state index in [1.165, 1.54) is 10.6 Å². The number of anilines is 1. The molecule has 5 rings (SSSR count). The van der Waals surface area contributed by atoms with Crippen LogP contribution in [0.4, 0.5) is 15.0 Å². The number of amides is 1. The summed E-state index contributed by atoms with van der Waals surface area (Å²) in [5.41, 5.74) is 0.668. The average molecular weight is 657 g/mol. The molecule has 0 radical (unpaired) electrons. The van der Waals surface area contributed by atoms with Crippen LogP contribution in [0.1, 0.15) is 65.8 Å². The van der Waals surface area contributed by atoms with Crippen molar-refractivity contribution in [2.24, 2.45) is 0 Å². The molecule has 1 aromatic carbocycles. The van der Waals surface area contributed by atoms with Crippen molar-refractivity contribution in [1.29, 1.82) is 0 Å². The lowest BCUT2D eigenvalue weighted by atomic mass is 10.1. The summed E-state index contributed by atoms with van der Waals surface area (Å²) in [5.74, 6) is -0.299. The monoisotopic (exact) mass is 655 g/mol. The van der Waals surface area contributed by atoms with Gasteiger partial charge in [0.1, 0.15) is 17.2 Å². The second-order valence-electron chi connectivity index (χ2n) is 12.7. The quantitative estimate of drug-likeness (QED) is 0.217. The number of hydrogen-bond acceptors (Lipinski definition) is 8. The van der Waals surface area contributed by atoms with Crippen LogP contribution in [0.25, 0.3) is 28.0 Å². The Bertz CT molecular complexity index is 1860. The molecule has 0 bridgehead atoms. The summed E-state index contributed by atoms with van der Waals surface area (Å²) >= 11 is 13.0. The molecular weight excluding hydrogens is 620 g/mol. The van der Waals surface area contributed by atoms with Gasteiger partial charge in [-0.15, -0.1) is 0 Å².